The molecule has 1 saturated carbocycles. The topological polar surface area (TPSA) is 65.8 Å². The van der Waals surface area contributed by atoms with E-state index in [1.807, 2.05) is 0 Å². The van der Waals surface area contributed by atoms with Gasteiger partial charge in [-0.2, -0.15) is 5.26 Å². The predicted octanol–water partition coefficient (Wildman–Crippen LogP) is 2.81. The maximum atomic E-state index is 13.5. The van der Waals surface area contributed by atoms with Crippen molar-refractivity contribution in [2.75, 3.05) is 0 Å². The highest BCUT2D eigenvalue weighted by atomic mass is 19.1. The van der Waals surface area contributed by atoms with Crippen molar-refractivity contribution >= 4 is 5.91 Å². The van der Waals surface area contributed by atoms with Crippen molar-refractivity contribution in [2.24, 2.45) is 5.92 Å². The van der Waals surface area contributed by atoms with E-state index >= 15 is 0 Å². The molecular weight excluding hydrogens is 257 g/mol. The van der Waals surface area contributed by atoms with E-state index in [-0.39, 0.29) is 5.56 Å². The molecule has 1 fully saturated rings. The Morgan fingerprint density at radius 1 is 1.60 bits per heavy atom. The first-order valence-electron chi connectivity index (χ1n) is 6.93. The second-order valence-corrected chi connectivity index (χ2v) is 5.36. The van der Waals surface area contributed by atoms with Crippen LogP contribution < -0.4 is 5.32 Å². The van der Waals surface area contributed by atoms with Gasteiger partial charge in [0.15, 0.2) is 5.82 Å². The first kappa shape index (κ1) is 14.4. The molecule has 1 aromatic heterocycles. The molecule has 0 bridgehead atoms. The van der Waals surface area contributed by atoms with Gasteiger partial charge in [-0.05, 0) is 37.7 Å². The Balaban J connectivity index is 2.10. The lowest BCUT2D eigenvalue weighted by Gasteiger charge is -2.35. The Morgan fingerprint density at radius 2 is 2.30 bits per heavy atom. The van der Waals surface area contributed by atoms with E-state index in [2.05, 4.69) is 23.3 Å². The van der Waals surface area contributed by atoms with Gasteiger partial charge in [-0.25, -0.2) is 4.39 Å². The maximum absolute atomic E-state index is 13.5. The van der Waals surface area contributed by atoms with Crippen molar-refractivity contribution in [3.8, 4) is 6.07 Å². The number of halogens is 1. The molecule has 1 heterocycles. The van der Waals surface area contributed by atoms with Gasteiger partial charge in [0.2, 0.25) is 0 Å². The van der Waals surface area contributed by atoms with Crippen LogP contribution in [0.5, 0.6) is 0 Å². The van der Waals surface area contributed by atoms with Crippen LogP contribution in [0.4, 0.5) is 4.39 Å². The van der Waals surface area contributed by atoms with Crippen LogP contribution in [-0.4, -0.2) is 16.4 Å². The Kier molecular flexibility index (Phi) is 4.33. The molecule has 2 rings (SSSR count). The van der Waals surface area contributed by atoms with Gasteiger partial charge in [0, 0.05) is 6.20 Å². The molecule has 0 aromatic carbocycles. The Hall–Kier alpha value is -1.96. The second-order valence-electron chi connectivity index (χ2n) is 5.36. The fraction of sp³-hybridized carbons (Fsp3) is 0.533. The third-order valence-electron chi connectivity index (χ3n) is 4.12. The molecule has 4 nitrogen and oxygen atoms in total. The van der Waals surface area contributed by atoms with E-state index in [0.717, 1.165) is 25.5 Å². The lowest BCUT2D eigenvalue weighted by atomic mass is 9.76. The van der Waals surface area contributed by atoms with E-state index < -0.39 is 17.3 Å². The number of pyridine rings is 1. The normalized spacial score (nSPS) is 25.8. The van der Waals surface area contributed by atoms with Crippen molar-refractivity contribution in [1.29, 1.82) is 5.26 Å². The van der Waals surface area contributed by atoms with Gasteiger partial charge in [0.05, 0.1) is 17.8 Å². The SMILES string of the molecule is CCC1CCC(C#N)(NC(=O)c2ccncc2F)CC1. The predicted molar refractivity (Wildman–Crippen MR) is 72.3 cm³/mol. The molecule has 20 heavy (non-hydrogen) atoms. The lowest BCUT2D eigenvalue weighted by Crippen LogP contribution is -2.49. The van der Waals surface area contributed by atoms with Gasteiger partial charge < -0.3 is 5.32 Å². The highest BCUT2D eigenvalue weighted by molar-refractivity contribution is 5.95. The lowest BCUT2D eigenvalue weighted by molar-refractivity contribution is 0.0887. The number of hydrogen-bond donors (Lipinski definition) is 1. The summed E-state index contributed by atoms with van der Waals surface area (Å²) >= 11 is 0. The van der Waals surface area contributed by atoms with Crippen LogP contribution in [0.25, 0.3) is 0 Å². The fourth-order valence-electron chi connectivity index (χ4n) is 2.69. The Morgan fingerprint density at radius 3 is 2.85 bits per heavy atom. The molecule has 1 aliphatic carbocycles. The number of nitrogens with zero attached hydrogens (tertiary/aromatic N) is 2. The summed E-state index contributed by atoms with van der Waals surface area (Å²) in [7, 11) is 0. The number of rotatable bonds is 3. The van der Waals surface area contributed by atoms with Crippen LogP contribution in [0.15, 0.2) is 18.5 Å². The summed E-state index contributed by atoms with van der Waals surface area (Å²) in [4.78, 5) is 15.7. The molecule has 1 amide bonds. The first-order chi connectivity index (χ1) is 9.60. The van der Waals surface area contributed by atoms with Gasteiger partial charge >= 0.3 is 0 Å². The van der Waals surface area contributed by atoms with Crippen LogP contribution in [0, 0.1) is 23.1 Å². The summed E-state index contributed by atoms with van der Waals surface area (Å²) in [5, 5.41) is 12.1. The monoisotopic (exact) mass is 275 g/mol. The molecule has 1 aliphatic rings. The highest BCUT2D eigenvalue weighted by Crippen LogP contribution is 2.33. The van der Waals surface area contributed by atoms with E-state index in [9.17, 15) is 14.4 Å². The molecule has 5 heteroatoms. The number of amides is 1. The smallest absolute Gasteiger partial charge is 0.255 e. The van der Waals surface area contributed by atoms with Gasteiger partial charge in [0.1, 0.15) is 5.54 Å². The average Bonchev–Trinajstić information content (AvgIpc) is 2.48. The Labute approximate surface area is 118 Å². The second kappa shape index (κ2) is 6.00. The zero-order valence-corrected chi connectivity index (χ0v) is 11.5. The summed E-state index contributed by atoms with van der Waals surface area (Å²) < 4.78 is 13.5. The number of nitrogens with one attached hydrogen (secondary N) is 1. The van der Waals surface area contributed by atoms with Gasteiger partial charge in [-0.1, -0.05) is 13.3 Å². The minimum absolute atomic E-state index is 0.0627. The van der Waals surface area contributed by atoms with Crippen molar-refractivity contribution in [1.82, 2.24) is 10.3 Å². The quantitative estimate of drug-likeness (QED) is 0.922. The third-order valence-corrected chi connectivity index (χ3v) is 4.12. The summed E-state index contributed by atoms with van der Waals surface area (Å²) in [5.74, 6) is -0.590. The standard InChI is InChI=1S/C15H18FN3O/c1-2-11-3-6-15(10-17,7-4-11)19-14(20)12-5-8-18-9-13(12)16/h5,8-9,11H,2-4,6-7H2,1H3,(H,19,20). The summed E-state index contributed by atoms with van der Waals surface area (Å²) in [6.45, 7) is 2.13. The first-order valence-corrected chi connectivity index (χ1v) is 6.93. The maximum Gasteiger partial charge on any atom is 0.255 e. The molecular formula is C15H18FN3O. The third kappa shape index (κ3) is 2.96. The summed E-state index contributed by atoms with van der Waals surface area (Å²) in [5.41, 5.74) is -0.925. The Bertz CT molecular complexity index is 530. The van der Waals surface area contributed by atoms with Crippen molar-refractivity contribution in [3.05, 3.63) is 29.8 Å². The number of carbonyl (C=O) groups is 1. The van der Waals surface area contributed by atoms with Crippen molar-refractivity contribution in [2.45, 2.75) is 44.6 Å². The minimum Gasteiger partial charge on any atom is -0.334 e. The molecule has 0 unspecified atom stereocenters. The molecule has 0 atom stereocenters. The summed E-state index contributed by atoms with van der Waals surface area (Å²) in [6, 6.07) is 3.54. The van der Waals surface area contributed by atoms with Gasteiger partial charge in [-0.3, -0.25) is 9.78 Å². The average molecular weight is 275 g/mol. The van der Waals surface area contributed by atoms with E-state index in [1.165, 1.54) is 12.3 Å². The molecule has 0 saturated heterocycles. The van der Waals surface area contributed by atoms with Crippen LogP contribution in [-0.2, 0) is 0 Å². The minimum atomic E-state index is -0.863. The zero-order valence-electron chi connectivity index (χ0n) is 11.5. The van der Waals surface area contributed by atoms with E-state index in [4.69, 9.17) is 0 Å². The summed E-state index contributed by atoms with van der Waals surface area (Å²) in [6.07, 6.45) is 6.55. The van der Waals surface area contributed by atoms with Crippen LogP contribution >= 0.6 is 0 Å². The van der Waals surface area contributed by atoms with E-state index in [0.29, 0.717) is 18.8 Å². The van der Waals surface area contributed by atoms with Crippen molar-refractivity contribution in [3.63, 3.8) is 0 Å². The molecule has 1 aromatic rings. The van der Waals surface area contributed by atoms with E-state index in [1.54, 1.807) is 0 Å². The molecule has 106 valence electrons. The van der Waals surface area contributed by atoms with Crippen molar-refractivity contribution < 1.29 is 9.18 Å². The van der Waals surface area contributed by atoms with Crippen LogP contribution in [0.3, 0.4) is 0 Å². The zero-order chi connectivity index (χ0) is 14.6. The molecule has 0 radical (unpaired) electrons. The van der Waals surface area contributed by atoms with Crippen LogP contribution in [0.1, 0.15) is 49.4 Å². The molecule has 0 aliphatic heterocycles. The number of aromatic nitrogens is 1. The van der Waals surface area contributed by atoms with Gasteiger partial charge in [-0.15, -0.1) is 0 Å². The van der Waals surface area contributed by atoms with Crippen LogP contribution in [0.2, 0.25) is 0 Å². The highest BCUT2D eigenvalue weighted by Gasteiger charge is 2.36. The number of nitriles is 1. The fourth-order valence-corrected chi connectivity index (χ4v) is 2.69. The number of carbonyl (C=O) groups excluding carboxylic acids is 1. The number of hydrogen-bond acceptors (Lipinski definition) is 3. The molecule has 0 spiro atoms. The molecule has 1 N–H and O–H groups in total. The largest absolute Gasteiger partial charge is 0.334 e. The van der Waals surface area contributed by atoms with Gasteiger partial charge in [0.25, 0.3) is 5.91 Å².